The van der Waals surface area contributed by atoms with Crippen molar-refractivity contribution in [3.63, 3.8) is 0 Å². The highest BCUT2D eigenvalue weighted by Gasteiger charge is 2.22. The Morgan fingerprint density at radius 1 is 1.40 bits per heavy atom. The van der Waals surface area contributed by atoms with Gasteiger partial charge in [-0.2, -0.15) is 14.4 Å². The Labute approximate surface area is 151 Å². The molecule has 0 aliphatic carbocycles. The van der Waals surface area contributed by atoms with Gasteiger partial charge in [0.1, 0.15) is 12.0 Å². The Kier molecular flexibility index (Phi) is 4.26. The van der Waals surface area contributed by atoms with E-state index in [2.05, 4.69) is 36.2 Å². The van der Waals surface area contributed by atoms with Crippen molar-refractivity contribution in [2.45, 2.75) is 19.1 Å². The van der Waals surface area contributed by atoms with Crippen LogP contribution in [0.4, 0.5) is 15.9 Å². The lowest BCUT2D eigenvalue weighted by molar-refractivity contribution is 0.0592. The number of anilines is 2. The van der Waals surface area contributed by atoms with Crippen molar-refractivity contribution in [1.82, 2.24) is 19.5 Å². The first-order valence-corrected chi connectivity index (χ1v) is 8.58. The van der Waals surface area contributed by atoms with Gasteiger partial charge in [0.25, 0.3) is 0 Å². The Morgan fingerprint density at radius 2 is 2.28 bits per heavy atom. The van der Waals surface area contributed by atoms with E-state index in [-0.39, 0.29) is 12.0 Å². The zero-order valence-corrected chi connectivity index (χ0v) is 15.0. The lowest BCUT2D eigenvalue weighted by Crippen LogP contribution is -2.08. The first-order valence-electron chi connectivity index (χ1n) is 7.78. The molecule has 4 rings (SSSR count). The summed E-state index contributed by atoms with van der Waals surface area (Å²) in [5.74, 6) is 0.939. The third-order valence-corrected chi connectivity index (χ3v) is 4.86. The van der Waals surface area contributed by atoms with Gasteiger partial charge < -0.3 is 14.8 Å². The number of methoxy groups -OCH3 is 1. The minimum absolute atomic E-state index is 0.171. The average Bonchev–Trinajstić information content (AvgIpc) is 3.25. The van der Waals surface area contributed by atoms with Gasteiger partial charge in [0, 0.05) is 6.61 Å². The number of ether oxygens (including phenoxy) is 2. The fourth-order valence-electron chi connectivity index (χ4n) is 2.86. The summed E-state index contributed by atoms with van der Waals surface area (Å²) in [6.45, 7) is 0.680. The molecule has 0 amide bonds. The lowest BCUT2D eigenvalue weighted by atomic mass is 10.3. The van der Waals surface area contributed by atoms with Crippen molar-refractivity contribution in [2.75, 3.05) is 19.0 Å². The van der Waals surface area contributed by atoms with Gasteiger partial charge >= 0.3 is 6.08 Å². The topological polar surface area (TPSA) is 74.1 Å². The van der Waals surface area contributed by atoms with Gasteiger partial charge in [0.2, 0.25) is 0 Å². The second kappa shape index (κ2) is 6.57. The van der Waals surface area contributed by atoms with Crippen LogP contribution in [0, 0.1) is 6.08 Å². The second-order valence-corrected chi connectivity index (χ2v) is 6.37. The van der Waals surface area contributed by atoms with E-state index in [1.165, 1.54) is 0 Å². The van der Waals surface area contributed by atoms with E-state index in [1.807, 2.05) is 18.2 Å². The van der Waals surface area contributed by atoms with Crippen LogP contribution in [0.15, 0.2) is 29.0 Å². The summed E-state index contributed by atoms with van der Waals surface area (Å²) < 4.78 is 27.4. The maximum absolute atomic E-state index is 14.0. The standard InChI is InChI=1S/C16H15BrFN5O2/c1-24-10-5-2-4-9(12(10)17)20-14-13-15(22-16(18)21-14)23(8-19-13)11-6-3-7-25-11/h2,4-5,8,11H,3,6-7H2,1H3,(H,20,21,22). The Balaban J connectivity index is 1.77. The molecular weight excluding hydrogens is 393 g/mol. The molecule has 25 heavy (non-hydrogen) atoms. The van der Waals surface area contributed by atoms with Gasteiger partial charge in [0.15, 0.2) is 17.0 Å². The first-order chi connectivity index (χ1) is 12.2. The van der Waals surface area contributed by atoms with Crippen LogP contribution in [0.1, 0.15) is 19.1 Å². The van der Waals surface area contributed by atoms with E-state index in [4.69, 9.17) is 9.47 Å². The van der Waals surface area contributed by atoms with Gasteiger partial charge in [-0.15, -0.1) is 0 Å². The predicted molar refractivity (Wildman–Crippen MR) is 93.5 cm³/mol. The molecule has 1 saturated heterocycles. The summed E-state index contributed by atoms with van der Waals surface area (Å²) in [5.41, 5.74) is 1.57. The number of nitrogens with zero attached hydrogens (tertiary/aromatic N) is 4. The molecule has 130 valence electrons. The molecule has 3 aromatic rings. The number of benzene rings is 1. The molecule has 0 spiro atoms. The Morgan fingerprint density at radius 3 is 3.04 bits per heavy atom. The molecule has 1 aliphatic rings. The molecule has 1 aliphatic heterocycles. The van der Waals surface area contributed by atoms with E-state index in [1.54, 1.807) is 18.0 Å². The van der Waals surface area contributed by atoms with Crippen LogP contribution in [-0.2, 0) is 4.74 Å². The Hall–Kier alpha value is -2.26. The van der Waals surface area contributed by atoms with E-state index >= 15 is 0 Å². The molecule has 1 atom stereocenters. The van der Waals surface area contributed by atoms with Crippen molar-refractivity contribution in [3.8, 4) is 5.75 Å². The average molecular weight is 408 g/mol. The molecule has 3 heterocycles. The molecule has 1 aromatic carbocycles. The summed E-state index contributed by atoms with van der Waals surface area (Å²) in [4.78, 5) is 12.1. The summed E-state index contributed by atoms with van der Waals surface area (Å²) in [6, 6.07) is 5.47. The van der Waals surface area contributed by atoms with Crippen molar-refractivity contribution in [2.24, 2.45) is 0 Å². The summed E-state index contributed by atoms with van der Waals surface area (Å²) >= 11 is 3.47. The molecular formula is C16H15BrFN5O2. The zero-order valence-electron chi connectivity index (χ0n) is 13.4. The van der Waals surface area contributed by atoms with Gasteiger partial charge in [-0.05, 0) is 40.9 Å². The van der Waals surface area contributed by atoms with Gasteiger partial charge in [-0.1, -0.05) is 6.07 Å². The minimum Gasteiger partial charge on any atom is -0.495 e. The van der Waals surface area contributed by atoms with Crippen molar-refractivity contribution in [3.05, 3.63) is 35.1 Å². The number of rotatable bonds is 4. The molecule has 1 fully saturated rings. The maximum Gasteiger partial charge on any atom is 0.312 e. The highest BCUT2D eigenvalue weighted by atomic mass is 79.9. The van der Waals surface area contributed by atoms with Crippen LogP contribution in [0.25, 0.3) is 11.2 Å². The monoisotopic (exact) mass is 407 g/mol. The van der Waals surface area contributed by atoms with Crippen LogP contribution < -0.4 is 10.1 Å². The molecule has 0 bridgehead atoms. The first kappa shape index (κ1) is 16.2. The maximum atomic E-state index is 14.0. The number of hydrogen-bond acceptors (Lipinski definition) is 6. The smallest absolute Gasteiger partial charge is 0.312 e. The van der Waals surface area contributed by atoms with Gasteiger partial charge in [-0.3, -0.25) is 4.57 Å². The zero-order chi connectivity index (χ0) is 17.4. The molecule has 1 N–H and O–H groups in total. The second-order valence-electron chi connectivity index (χ2n) is 5.58. The molecule has 2 aromatic heterocycles. The van der Waals surface area contributed by atoms with Crippen molar-refractivity contribution < 1.29 is 13.9 Å². The number of halogens is 2. The summed E-state index contributed by atoms with van der Waals surface area (Å²) in [7, 11) is 1.58. The number of fused-ring (bicyclic) bond motifs is 1. The van der Waals surface area contributed by atoms with Crippen LogP contribution in [0.5, 0.6) is 5.75 Å². The number of nitrogens with one attached hydrogen (secondary N) is 1. The normalized spacial score (nSPS) is 17.2. The highest BCUT2D eigenvalue weighted by molar-refractivity contribution is 9.10. The number of aromatic nitrogens is 4. The third kappa shape index (κ3) is 2.93. The van der Waals surface area contributed by atoms with Crippen LogP contribution in [0.2, 0.25) is 0 Å². The van der Waals surface area contributed by atoms with Crippen LogP contribution >= 0.6 is 15.9 Å². The van der Waals surface area contributed by atoms with E-state index in [9.17, 15) is 4.39 Å². The van der Waals surface area contributed by atoms with E-state index in [0.29, 0.717) is 33.7 Å². The fraction of sp³-hybridized carbons (Fsp3) is 0.312. The molecule has 1 unspecified atom stereocenters. The predicted octanol–water partition coefficient (Wildman–Crippen LogP) is 3.79. The number of imidazole rings is 1. The number of hydrogen-bond donors (Lipinski definition) is 1. The van der Waals surface area contributed by atoms with Crippen molar-refractivity contribution in [1.29, 1.82) is 0 Å². The van der Waals surface area contributed by atoms with Crippen LogP contribution in [-0.4, -0.2) is 33.2 Å². The third-order valence-electron chi connectivity index (χ3n) is 4.05. The van der Waals surface area contributed by atoms with E-state index < -0.39 is 6.08 Å². The molecule has 0 saturated carbocycles. The van der Waals surface area contributed by atoms with Crippen molar-refractivity contribution >= 4 is 38.6 Å². The molecule has 9 heteroatoms. The van der Waals surface area contributed by atoms with Gasteiger partial charge in [0.05, 0.1) is 23.6 Å². The minimum atomic E-state index is -0.825. The summed E-state index contributed by atoms with van der Waals surface area (Å²) in [5, 5.41) is 3.10. The SMILES string of the molecule is COc1cccc(Nc2nc(F)nc3c2ncn3C2CCCO2)c1Br. The highest BCUT2D eigenvalue weighted by Crippen LogP contribution is 2.35. The lowest BCUT2D eigenvalue weighted by Gasteiger charge is -2.13. The van der Waals surface area contributed by atoms with E-state index in [0.717, 1.165) is 12.8 Å². The molecule has 0 radical (unpaired) electrons. The summed E-state index contributed by atoms with van der Waals surface area (Å²) in [6.07, 6.45) is 2.42. The quantitative estimate of drug-likeness (QED) is 0.663. The fourth-order valence-corrected chi connectivity index (χ4v) is 3.39. The Bertz CT molecular complexity index is 926. The molecule has 7 nitrogen and oxygen atoms in total. The largest absolute Gasteiger partial charge is 0.495 e. The van der Waals surface area contributed by atoms with Gasteiger partial charge in [-0.25, -0.2) is 4.98 Å². The van der Waals surface area contributed by atoms with Crippen LogP contribution in [0.3, 0.4) is 0 Å².